The van der Waals surface area contributed by atoms with Gasteiger partial charge < -0.3 is 15.0 Å². The van der Waals surface area contributed by atoms with Crippen LogP contribution in [-0.2, 0) is 17.8 Å². The first kappa shape index (κ1) is 24.7. The molecular weight excluding hydrogens is 489 g/mol. The first-order valence-corrected chi connectivity index (χ1v) is 10.6. The number of nitrogens with one attached hydrogen (secondary N) is 1. The van der Waals surface area contributed by atoms with Crippen molar-refractivity contribution < 1.29 is 4.74 Å². The quantitative estimate of drug-likeness (QED) is 0.353. The highest BCUT2D eigenvalue weighted by Gasteiger charge is 2.28. The molecule has 1 aliphatic rings. The number of likely N-dealkylation sites (tertiary alicyclic amines) is 1. The van der Waals surface area contributed by atoms with E-state index in [-0.39, 0.29) is 24.0 Å². The van der Waals surface area contributed by atoms with Crippen LogP contribution in [0.2, 0.25) is 0 Å². The number of aryl methyl sites for hydroxylation is 1. The molecule has 1 N–H and O–H groups in total. The Balaban J connectivity index is 0.00000320. The number of guanidine groups is 1. The van der Waals surface area contributed by atoms with E-state index in [9.17, 15) is 0 Å². The fourth-order valence-electron chi connectivity index (χ4n) is 4.42. The normalized spacial score (nSPS) is 19.5. The minimum atomic E-state index is 0. The standard InChI is InChI=1S/C23H35N5O.HI/c1-17-16-27(12-11-21(17)20-9-7-6-8-10-20)23(24-4)25-15-22-18(2)26-28(19(22)3)13-14-29-5;/h6-10,17,21H,11-16H2,1-5H3,(H,24,25);1H. The van der Waals surface area contributed by atoms with Crippen LogP contribution in [0.5, 0.6) is 0 Å². The van der Waals surface area contributed by atoms with Crippen molar-refractivity contribution in [2.45, 2.75) is 46.2 Å². The third kappa shape index (κ3) is 5.75. The Morgan fingerprint density at radius 1 is 1.27 bits per heavy atom. The number of hydrogen-bond acceptors (Lipinski definition) is 3. The topological polar surface area (TPSA) is 54.7 Å². The lowest BCUT2D eigenvalue weighted by Gasteiger charge is -2.39. The van der Waals surface area contributed by atoms with Gasteiger partial charge in [-0.15, -0.1) is 24.0 Å². The highest BCUT2D eigenvalue weighted by molar-refractivity contribution is 14.0. The summed E-state index contributed by atoms with van der Waals surface area (Å²) in [4.78, 5) is 6.95. The van der Waals surface area contributed by atoms with Gasteiger partial charge >= 0.3 is 0 Å². The van der Waals surface area contributed by atoms with Crippen LogP contribution >= 0.6 is 24.0 Å². The average molecular weight is 525 g/mol. The minimum absolute atomic E-state index is 0. The molecule has 1 aromatic carbocycles. The largest absolute Gasteiger partial charge is 0.383 e. The molecule has 2 heterocycles. The molecule has 1 saturated heterocycles. The van der Waals surface area contributed by atoms with Crippen LogP contribution in [0.1, 0.15) is 41.8 Å². The van der Waals surface area contributed by atoms with Gasteiger partial charge in [-0.3, -0.25) is 9.67 Å². The van der Waals surface area contributed by atoms with Crippen molar-refractivity contribution in [3.8, 4) is 0 Å². The zero-order chi connectivity index (χ0) is 20.8. The fraction of sp³-hybridized carbons (Fsp3) is 0.565. The molecule has 2 aromatic rings. The first-order valence-electron chi connectivity index (χ1n) is 10.6. The summed E-state index contributed by atoms with van der Waals surface area (Å²) in [7, 11) is 3.60. The first-order chi connectivity index (χ1) is 14.0. The number of aromatic nitrogens is 2. The molecule has 30 heavy (non-hydrogen) atoms. The number of aliphatic imine (C=N–C) groups is 1. The Bertz CT molecular complexity index is 821. The lowest BCUT2D eigenvalue weighted by molar-refractivity contribution is 0.182. The SMILES string of the molecule is CN=C(NCc1c(C)nn(CCOC)c1C)N1CCC(c2ccccc2)C(C)C1.I. The van der Waals surface area contributed by atoms with Crippen molar-refractivity contribution in [2.24, 2.45) is 10.9 Å². The lowest BCUT2D eigenvalue weighted by Crippen LogP contribution is -2.47. The molecule has 0 bridgehead atoms. The van der Waals surface area contributed by atoms with Crippen molar-refractivity contribution >= 4 is 29.9 Å². The molecule has 3 rings (SSSR count). The monoisotopic (exact) mass is 525 g/mol. The Hall–Kier alpha value is -1.61. The molecule has 1 aromatic heterocycles. The second kappa shape index (κ2) is 11.7. The predicted octanol–water partition coefficient (Wildman–Crippen LogP) is 3.97. The molecule has 166 valence electrons. The molecule has 7 heteroatoms. The molecular formula is C23H36IN5O. The summed E-state index contributed by atoms with van der Waals surface area (Å²) in [6.07, 6.45) is 1.15. The summed E-state index contributed by atoms with van der Waals surface area (Å²) in [5, 5.41) is 8.24. The molecule has 2 atom stereocenters. The van der Waals surface area contributed by atoms with Crippen LogP contribution in [0.3, 0.4) is 0 Å². The van der Waals surface area contributed by atoms with Gasteiger partial charge in [0.05, 0.1) is 18.8 Å². The van der Waals surface area contributed by atoms with E-state index >= 15 is 0 Å². The van der Waals surface area contributed by atoms with Gasteiger partial charge in [-0.2, -0.15) is 5.10 Å². The van der Waals surface area contributed by atoms with E-state index < -0.39 is 0 Å². The zero-order valence-electron chi connectivity index (χ0n) is 18.9. The third-order valence-electron chi connectivity index (χ3n) is 6.11. The van der Waals surface area contributed by atoms with E-state index in [1.165, 1.54) is 16.8 Å². The van der Waals surface area contributed by atoms with Crippen molar-refractivity contribution in [3.63, 3.8) is 0 Å². The molecule has 1 fully saturated rings. The molecule has 0 amide bonds. The van der Waals surface area contributed by atoms with Gasteiger partial charge in [0.25, 0.3) is 0 Å². The van der Waals surface area contributed by atoms with E-state index in [0.717, 1.165) is 44.3 Å². The van der Waals surface area contributed by atoms with Crippen LogP contribution in [-0.4, -0.2) is 54.5 Å². The Labute approximate surface area is 198 Å². The summed E-state index contributed by atoms with van der Waals surface area (Å²) < 4.78 is 7.23. The Morgan fingerprint density at radius 3 is 2.63 bits per heavy atom. The molecule has 2 unspecified atom stereocenters. The summed E-state index contributed by atoms with van der Waals surface area (Å²) >= 11 is 0. The van der Waals surface area contributed by atoms with Crippen molar-refractivity contribution in [1.82, 2.24) is 20.0 Å². The summed E-state index contributed by atoms with van der Waals surface area (Å²) in [6, 6.07) is 10.9. The third-order valence-corrected chi connectivity index (χ3v) is 6.11. The van der Waals surface area contributed by atoms with Gasteiger partial charge in [0.1, 0.15) is 0 Å². The van der Waals surface area contributed by atoms with Crippen LogP contribution in [0, 0.1) is 19.8 Å². The minimum Gasteiger partial charge on any atom is -0.383 e. The van der Waals surface area contributed by atoms with E-state index in [4.69, 9.17) is 4.74 Å². The van der Waals surface area contributed by atoms with Gasteiger partial charge in [-0.1, -0.05) is 37.3 Å². The van der Waals surface area contributed by atoms with E-state index in [1.54, 1.807) is 7.11 Å². The second-order valence-corrected chi connectivity index (χ2v) is 8.00. The number of benzene rings is 1. The van der Waals surface area contributed by atoms with Crippen molar-refractivity contribution in [1.29, 1.82) is 0 Å². The fourth-order valence-corrected chi connectivity index (χ4v) is 4.42. The lowest BCUT2D eigenvalue weighted by atomic mass is 9.82. The van der Waals surface area contributed by atoms with Crippen LogP contribution < -0.4 is 5.32 Å². The van der Waals surface area contributed by atoms with E-state index in [1.807, 2.05) is 11.7 Å². The average Bonchev–Trinajstić information content (AvgIpc) is 3.00. The number of piperidine rings is 1. The van der Waals surface area contributed by atoms with Crippen molar-refractivity contribution in [2.75, 3.05) is 33.9 Å². The maximum atomic E-state index is 5.19. The predicted molar refractivity (Wildman–Crippen MR) is 134 cm³/mol. The van der Waals surface area contributed by atoms with Gasteiger partial charge in [-0.05, 0) is 37.7 Å². The molecule has 0 aliphatic carbocycles. The second-order valence-electron chi connectivity index (χ2n) is 8.00. The smallest absolute Gasteiger partial charge is 0.193 e. The van der Waals surface area contributed by atoms with Crippen LogP contribution in [0.4, 0.5) is 0 Å². The molecule has 6 nitrogen and oxygen atoms in total. The zero-order valence-corrected chi connectivity index (χ0v) is 21.2. The number of hydrogen-bond donors (Lipinski definition) is 1. The number of halogens is 1. The Morgan fingerprint density at radius 2 is 2.00 bits per heavy atom. The van der Waals surface area contributed by atoms with Gasteiger partial charge in [0.2, 0.25) is 0 Å². The molecule has 0 spiro atoms. The Kier molecular flexibility index (Phi) is 9.61. The summed E-state index contributed by atoms with van der Waals surface area (Å²) in [5.41, 5.74) is 4.96. The number of methoxy groups -OCH3 is 1. The van der Waals surface area contributed by atoms with Crippen molar-refractivity contribution in [3.05, 3.63) is 52.8 Å². The van der Waals surface area contributed by atoms with Gasteiger partial charge in [0.15, 0.2) is 5.96 Å². The number of nitrogens with zero attached hydrogens (tertiary/aromatic N) is 4. The van der Waals surface area contributed by atoms with Crippen LogP contribution in [0.15, 0.2) is 35.3 Å². The van der Waals surface area contributed by atoms with Gasteiger partial charge in [0, 0.05) is 45.0 Å². The van der Waals surface area contributed by atoms with E-state index in [2.05, 4.69) is 71.4 Å². The number of rotatable bonds is 6. The highest BCUT2D eigenvalue weighted by Crippen LogP contribution is 2.32. The van der Waals surface area contributed by atoms with E-state index in [0.29, 0.717) is 18.4 Å². The molecule has 0 radical (unpaired) electrons. The maximum Gasteiger partial charge on any atom is 0.193 e. The maximum absolute atomic E-state index is 5.19. The number of ether oxygens (including phenoxy) is 1. The summed E-state index contributed by atoms with van der Waals surface area (Å²) in [6.45, 7) is 10.8. The summed E-state index contributed by atoms with van der Waals surface area (Å²) in [5.74, 6) is 2.19. The van der Waals surface area contributed by atoms with Crippen LogP contribution in [0.25, 0.3) is 0 Å². The highest BCUT2D eigenvalue weighted by atomic mass is 127. The molecule has 0 saturated carbocycles. The van der Waals surface area contributed by atoms with Gasteiger partial charge in [-0.25, -0.2) is 0 Å². The molecule has 1 aliphatic heterocycles.